The molecule has 0 atom stereocenters. The first kappa shape index (κ1) is 15.0. The van der Waals surface area contributed by atoms with Gasteiger partial charge in [0.1, 0.15) is 0 Å². The van der Waals surface area contributed by atoms with Crippen molar-refractivity contribution in [2.75, 3.05) is 11.9 Å². The Kier molecular flexibility index (Phi) is 5.22. The lowest BCUT2D eigenvalue weighted by molar-refractivity contribution is 0.363. The standard InChI is InChI=1S/C15H21BrN2/c1-11-8-12(2)14(13(16)9-11)18-10-15(3,4)6-5-7-17/h8-9,18H,5-6,10H2,1-4H3. The molecule has 0 amide bonds. The quantitative estimate of drug-likeness (QED) is 0.847. The summed E-state index contributed by atoms with van der Waals surface area (Å²) in [6, 6.07) is 6.51. The molecular formula is C15H21BrN2. The molecule has 0 radical (unpaired) electrons. The molecule has 1 N–H and O–H groups in total. The molecule has 18 heavy (non-hydrogen) atoms. The second-order valence-electron chi connectivity index (χ2n) is 5.61. The van der Waals surface area contributed by atoms with E-state index >= 15 is 0 Å². The summed E-state index contributed by atoms with van der Waals surface area (Å²) in [5.41, 5.74) is 3.80. The van der Waals surface area contributed by atoms with Crippen LogP contribution in [0.4, 0.5) is 5.69 Å². The lowest BCUT2D eigenvalue weighted by Crippen LogP contribution is -2.23. The molecule has 1 rings (SSSR count). The van der Waals surface area contributed by atoms with E-state index in [2.05, 4.69) is 67.1 Å². The van der Waals surface area contributed by atoms with Crippen LogP contribution in [0, 0.1) is 30.6 Å². The van der Waals surface area contributed by atoms with Crippen molar-refractivity contribution in [2.45, 2.75) is 40.5 Å². The van der Waals surface area contributed by atoms with E-state index in [0.29, 0.717) is 6.42 Å². The summed E-state index contributed by atoms with van der Waals surface area (Å²) in [6.07, 6.45) is 1.53. The van der Waals surface area contributed by atoms with Gasteiger partial charge < -0.3 is 5.32 Å². The predicted molar refractivity (Wildman–Crippen MR) is 80.7 cm³/mol. The van der Waals surface area contributed by atoms with Crippen LogP contribution < -0.4 is 5.32 Å². The third kappa shape index (κ3) is 4.34. The van der Waals surface area contributed by atoms with Crippen LogP contribution in [0.1, 0.15) is 37.8 Å². The molecule has 0 unspecified atom stereocenters. The predicted octanol–water partition coefficient (Wildman–Crippen LogP) is 4.81. The fourth-order valence-corrected chi connectivity index (χ4v) is 2.76. The van der Waals surface area contributed by atoms with Crippen LogP contribution in [0.3, 0.4) is 0 Å². The average Bonchev–Trinajstić information content (AvgIpc) is 2.24. The first-order valence-corrected chi connectivity index (χ1v) is 7.02. The molecular weight excluding hydrogens is 288 g/mol. The van der Waals surface area contributed by atoms with Crippen LogP contribution in [0.5, 0.6) is 0 Å². The van der Waals surface area contributed by atoms with Gasteiger partial charge in [-0.3, -0.25) is 0 Å². The Morgan fingerprint density at radius 2 is 2.00 bits per heavy atom. The Morgan fingerprint density at radius 1 is 1.33 bits per heavy atom. The zero-order chi connectivity index (χ0) is 13.8. The number of halogens is 1. The van der Waals surface area contributed by atoms with E-state index in [9.17, 15) is 0 Å². The molecule has 0 aliphatic heterocycles. The zero-order valence-corrected chi connectivity index (χ0v) is 13.2. The van der Waals surface area contributed by atoms with Crippen molar-refractivity contribution < 1.29 is 0 Å². The monoisotopic (exact) mass is 308 g/mol. The van der Waals surface area contributed by atoms with Crippen molar-refractivity contribution >= 4 is 21.6 Å². The van der Waals surface area contributed by atoms with E-state index in [4.69, 9.17) is 5.26 Å². The number of hydrogen-bond donors (Lipinski definition) is 1. The molecule has 1 aromatic carbocycles. The number of rotatable bonds is 5. The lowest BCUT2D eigenvalue weighted by Gasteiger charge is -2.25. The molecule has 2 nitrogen and oxygen atoms in total. The molecule has 0 saturated heterocycles. The largest absolute Gasteiger partial charge is 0.383 e. The Morgan fingerprint density at radius 3 is 2.56 bits per heavy atom. The van der Waals surface area contributed by atoms with Crippen molar-refractivity contribution in [1.82, 2.24) is 0 Å². The van der Waals surface area contributed by atoms with Crippen LogP contribution in [0.15, 0.2) is 16.6 Å². The Balaban J connectivity index is 2.72. The van der Waals surface area contributed by atoms with Crippen LogP contribution in [-0.2, 0) is 0 Å². The molecule has 0 saturated carbocycles. The maximum atomic E-state index is 8.66. The summed E-state index contributed by atoms with van der Waals surface area (Å²) in [7, 11) is 0. The molecule has 0 aliphatic rings. The van der Waals surface area contributed by atoms with Gasteiger partial charge in [0.2, 0.25) is 0 Å². The van der Waals surface area contributed by atoms with Crippen molar-refractivity contribution in [3.8, 4) is 6.07 Å². The van der Waals surface area contributed by atoms with Gasteiger partial charge in [-0.2, -0.15) is 5.26 Å². The Bertz CT molecular complexity index is 435. The minimum absolute atomic E-state index is 0.131. The molecule has 3 heteroatoms. The van der Waals surface area contributed by atoms with E-state index in [1.807, 2.05) is 0 Å². The van der Waals surface area contributed by atoms with Gasteiger partial charge in [0.25, 0.3) is 0 Å². The van der Waals surface area contributed by atoms with Gasteiger partial charge in [-0.15, -0.1) is 0 Å². The number of anilines is 1. The van der Waals surface area contributed by atoms with Crippen LogP contribution in [0.25, 0.3) is 0 Å². The van der Waals surface area contributed by atoms with Crippen molar-refractivity contribution in [2.24, 2.45) is 5.41 Å². The van der Waals surface area contributed by atoms with Crippen molar-refractivity contribution in [3.05, 3.63) is 27.7 Å². The van der Waals surface area contributed by atoms with Crippen LogP contribution >= 0.6 is 15.9 Å². The second-order valence-corrected chi connectivity index (χ2v) is 6.47. The van der Waals surface area contributed by atoms with E-state index in [1.54, 1.807) is 0 Å². The summed E-state index contributed by atoms with van der Waals surface area (Å²) in [5.74, 6) is 0. The van der Waals surface area contributed by atoms with Gasteiger partial charge >= 0.3 is 0 Å². The Hall–Kier alpha value is -1.01. The summed E-state index contributed by atoms with van der Waals surface area (Å²) in [5, 5.41) is 12.2. The third-order valence-corrected chi connectivity index (χ3v) is 3.71. The summed E-state index contributed by atoms with van der Waals surface area (Å²) in [4.78, 5) is 0. The van der Waals surface area contributed by atoms with E-state index in [0.717, 1.165) is 23.1 Å². The molecule has 0 spiro atoms. The van der Waals surface area contributed by atoms with E-state index in [-0.39, 0.29) is 5.41 Å². The molecule has 0 heterocycles. The van der Waals surface area contributed by atoms with E-state index < -0.39 is 0 Å². The number of nitriles is 1. The van der Waals surface area contributed by atoms with Crippen LogP contribution in [-0.4, -0.2) is 6.54 Å². The minimum atomic E-state index is 0.131. The molecule has 0 bridgehead atoms. The number of benzene rings is 1. The third-order valence-electron chi connectivity index (χ3n) is 3.09. The van der Waals surface area contributed by atoms with Gasteiger partial charge in [0, 0.05) is 17.4 Å². The number of nitrogens with one attached hydrogen (secondary N) is 1. The minimum Gasteiger partial charge on any atom is -0.383 e. The van der Waals surface area contributed by atoms with Gasteiger partial charge in [-0.05, 0) is 58.8 Å². The fraction of sp³-hybridized carbons (Fsp3) is 0.533. The molecule has 0 aliphatic carbocycles. The fourth-order valence-electron chi connectivity index (χ4n) is 1.95. The summed E-state index contributed by atoms with van der Waals surface area (Å²) < 4.78 is 1.11. The molecule has 1 aromatic rings. The Labute approximate surface area is 119 Å². The molecule has 98 valence electrons. The summed E-state index contributed by atoms with van der Waals surface area (Å²) >= 11 is 3.60. The van der Waals surface area contributed by atoms with Crippen molar-refractivity contribution in [1.29, 1.82) is 5.26 Å². The lowest BCUT2D eigenvalue weighted by atomic mass is 9.88. The normalized spacial score (nSPS) is 11.1. The summed E-state index contributed by atoms with van der Waals surface area (Å²) in [6.45, 7) is 9.46. The van der Waals surface area contributed by atoms with Gasteiger partial charge in [0.05, 0.1) is 11.8 Å². The first-order chi connectivity index (χ1) is 8.35. The highest BCUT2D eigenvalue weighted by Gasteiger charge is 2.18. The maximum Gasteiger partial charge on any atom is 0.0621 e. The van der Waals surface area contributed by atoms with Crippen LogP contribution in [0.2, 0.25) is 0 Å². The first-order valence-electron chi connectivity index (χ1n) is 6.23. The maximum absolute atomic E-state index is 8.66. The highest BCUT2D eigenvalue weighted by molar-refractivity contribution is 9.10. The zero-order valence-electron chi connectivity index (χ0n) is 11.6. The molecule has 0 aromatic heterocycles. The number of aryl methyl sites for hydroxylation is 2. The topological polar surface area (TPSA) is 35.8 Å². The smallest absolute Gasteiger partial charge is 0.0621 e. The number of hydrogen-bond acceptors (Lipinski definition) is 2. The highest BCUT2D eigenvalue weighted by atomic mass is 79.9. The van der Waals surface area contributed by atoms with E-state index in [1.165, 1.54) is 11.1 Å². The second kappa shape index (κ2) is 6.24. The van der Waals surface area contributed by atoms with Gasteiger partial charge in [-0.1, -0.05) is 19.9 Å². The average molecular weight is 309 g/mol. The van der Waals surface area contributed by atoms with Crippen molar-refractivity contribution in [3.63, 3.8) is 0 Å². The SMILES string of the molecule is Cc1cc(C)c(NCC(C)(C)CCC#N)c(Br)c1. The number of nitrogens with zero attached hydrogens (tertiary/aromatic N) is 1. The molecule has 0 fully saturated rings. The van der Waals surface area contributed by atoms with Gasteiger partial charge in [-0.25, -0.2) is 0 Å². The highest BCUT2D eigenvalue weighted by Crippen LogP contribution is 2.30. The van der Waals surface area contributed by atoms with Gasteiger partial charge in [0.15, 0.2) is 0 Å².